The molecule has 0 aliphatic carbocycles. The van der Waals surface area contributed by atoms with Crippen molar-refractivity contribution < 1.29 is 14.2 Å². The minimum Gasteiger partial charge on any atom is -0.382 e. The van der Waals surface area contributed by atoms with E-state index in [9.17, 15) is 0 Å². The van der Waals surface area contributed by atoms with Crippen LogP contribution in [-0.2, 0) is 20.8 Å². The van der Waals surface area contributed by atoms with Crippen LogP contribution in [0.25, 0.3) is 0 Å². The van der Waals surface area contributed by atoms with Crippen molar-refractivity contribution in [2.75, 3.05) is 20.3 Å². The molecule has 17 heavy (non-hydrogen) atoms. The zero-order chi connectivity index (χ0) is 11.9. The molecule has 94 valence electrons. The van der Waals surface area contributed by atoms with Crippen LogP contribution in [0, 0.1) is 0 Å². The summed E-state index contributed by atoms with van der Waals surface area (Å²) in [4.78, 5) is 0. The van der Waals surface area contributed by atoms with Crippen LogP contribution in [0.5, 0.6) is 0 Å². The van der Waals surface area contributed by atoms with Gasteiger partial charge in [-0.3, -0.25) is 0 Å². The normalized spacial score (nSPS) is 24.1. The molecule has 0 saturated carbocycles. The van der Waals surface area contributed by atoms with Gasteiger partial charge < -0.3 is 14.2 Å². The third kappa shape index (κ3) is 4.11. The summed E-state index contributed by atoms with van der Waals surface area (Å²) in [6, 6.07) is 10.2. The Morgan fingerprint density at radius 1 is 1.12 bits per heavy atom. The van der Waals surface area contributed by atoms with Crippen molar-refractivity contribution in [3.63, 3.8) is 0 Å². The minimum absolute atomic E-state index is 0.235. The van der Waals surface area contributed by atoms with Crippen LogP contribution >= 0.6 is 0 Å². The van der Waals surface area contributed by atoms with Crippen LogP contribution < -0.4 is 0 Å². The average Bonchev–Trinajstić information content (AvgIpc) is 2.79. The highest BCUT2D eigenvalue weighted by Gasteiger charge is 2.24. The van der Waals surface area contributed by atoms with Crippen LogP contribution in [0.15, 0.2) is 30.3 Å². The number of methoxy groups -OCH3 is 1. The molecule has 1 fully saturated rings. The van der Waals surface area contributed by atoms with E-state index in [0.29, 0.717) is 19.8 Å². The smallest absolute Gasteiger partial charge is 0.0814 e. The number of benzene rings is 1. The van der Waals surface area contributed by atoms with E-state index < -0.39 is 0 Å². The molecule has 1 heterocycles. The zero-order valence-electron chi connectivity index (χ0n) is 10.3. The fourth-order valence-corrected chi connectivity index (χ4v) is 2.09. The first-order valence-corrected chi connectivity index (χ1v) is 6.14. The molecule has 3 nitrogen and oxygen atoms in total. The zero-order valence-corrected chi connectivity index (χ0v) is 10.3. The van der Waals surface area contributed by atoms with Gasteiger partial charge in [0.25, 0.3) is 0 Å². The predicted molar refractivity (Wildman–Crippen MR) is 65.9 cm³/mol. The van der Waals surface area contributed by atoms with Gasteiger partial charge in [0.05, 0.1) is 32.0 Å². The molecule has 0 aromatic heterocycles. The van der Waals surface area contributed by atoms with Crippen molar-refractivity contribution in [3.05, 3.63) is 35.9 Å². The number of hydrogen-bond acceptors (Lipinski definition) is 3. The fourth-order valence-electron chi connectivity index (χ4n) is 2.09. The Balaban J connectivity index is 1.63. The summed E-state index contributed by atoms with van der Waals surface area (Å²) in [5, 5.41) is 0. The van der Waals surface area contributed by atoms with Crippen LogP contribution in [-0.4, -0.2) is 32.5 Å². The van der Waals surface area contributed by atoms with Crippen molar-refractivity contribution in [2.24, 2.45) is 0 Å². The topological polar surface area (TPSA) is 27.7 Å². The molecule has 1 aromatic carbocycles. The van der Waals surface area contributed by atoms with Gasteiger partial charge in [-0.1, -0.05) is 30.3 Å². The van der Waals surface area contributed by atoms with Gasteiger partial charge in [0.1, 0.15) is 0 Å². The summed E-state index contributed by atoms with van der Waals surface area (Å²) < 4.78 is 16.5. The molecule has 2 unspecified atom stereocenters. The highest BCUT2D eigenvalue weighted by atomic mass is 16.6. The van der Waals surface area contributed by atoms with E-state index in [-0.39, 0.29) is 12.2 Å². The van der Waals surface area contributed by atoms with Crippen molar-refractivity contribution in [3.8, 4) is 0 Å². The SMILES string of the molecule is COCC1CCC(COCc2ccccc2)O1. The monoisotopic (exact) mass is 236 g/mol. The van der Waals surface area contributed by atoms with E-state index in [0.717, 1.165) is 12.8 Å². The summed E-state index contributed by atoms with van der Waals surface area (Å²) in [5.41, 5.74) is 1.21. The standard InChI is InChI=1S/C14H20O3/c1-15-10-13-7-8-14(17-13)11-16-9-12-5-3-2-4-6-12/h2-6,13-14H,7-11H2,1H3. The minimum atomic E-state index is 0.235. The molecule has 1 aliphatic heterocycles. The molecule has 0 amide bonds. The van der Waals surface area contributed by atoms with Gasteiger partial charge in [-0.25, -0.2) is 0 Å². The van der Waals surface area contributed by atoms with Crippen molar-refractivity contribution in [2.45, 2.75) is 31.7 Å². The van der Waals surface area contributed by atoms with E-state index in [1.165, 1.54) is 5.56 Å². The average molecular weight is 236 g/mol. The molecule has 0 spiro atoms. The Morgan fingerprint density at radius 2 is 1.82 bits per heavy atom. The quantitative estimate of drug-likeness (QED) is 0.759. The summed E-state index contributed by atoms with van der Waals surface area (Å²) in [6.07, 6.45) is 2.64. The highest BCUT2D eigenvalue weighted by molar-refractivity contribution is 5.13. The van der Waals surface area contributed by atoms with Gasteiger partial charge in [0, 0.05) is 7.11 Å². The molecule has 0 N–H and O–H groups in total. The Kier molecular flexibility index (Phi) is 4.98. The predicted octanol–water partition coefficient (Wildman–Crippen LogP) is 2.40. The maximum absolute atomic E-state index is 5.79. The lowest BCUT2D eigenvalue weighted by Crippen LogP contribution is -2.19. The number of hydrogen-bond donors (Lipinski definition) is 0. The molecule has 3 heteroatoms. The van der Waals surface area contributed by atoms with E-state index in [1.807, 2.05) is 18.2 Å². The third-order valence-corrected chi connectivity index (χ3v) is 2.96. The number of rotatable bonds is 6. The molecule has 2 rings (SSSR count). The van der Waals surface area contributed by atoms with Crippen LogP contribution in [0.1, 0.15) is 18.4 Å². The van der Waals surface area contributed by atoms with Gasteiger partial charge in [-0.05, 0) is 18.4 Å². The first-order chi connectivity index (χ1) is 8.38. The van der Waals surface area contributed by atoms with Crippen LogP contribution in [0.4, 0.5) is 0 Å². The molecule has 2 atom stereocenters. The lowest BCUT2D eigenvalue weighted by atomic mass is 10.2. The first-order valence-electron chi connectivity index (χ1n) is 6.14. The fraction of sp³-hybridized carbons (Fsp3) is 0.571. The Bertz CT molecular complexity index is 313. The number of ether oxygens (including phenoxy) is 3. The molecular formula is C14H20O3. The van der Waals surface area contributed by atoms with E-state index in [2.05, 4.69) is 12.1 Å². The van der Waals surface area contributed by atoms with Crippen molar-refractivity contribution in [1.29, 1.82) is 0 Å². The Labute approximate surface area is 103 Å². The first kappa shape index (κ1) is 12.6. The Hall–Kier alpha value is -0.900. The van der Waals surface area contributed by atoms with Gasteiger partial charge >= 0.3 is 0 Å². The molecule has 0 radical (unpaired) electrons. The lowest BCUT2D eigenvalue weighted by Gasteiger charge is -2.13. The van der Waals surface area contributed by atoms with Gasteiger partial charge in [0.15, 0.2) is 0 Å². The van der Waals surface area contributed by atoms with Gasteiger partial charge in [-0.2, -0.15) is 0 Å². The molecule has 0 bridgehead atoms. The largest absolute Gasteiger partial charge is 0.382 e. The third-order valence-electron chi connectivity index (χ3n) is 2.96. The van der Waals surface area contributed by atoms with Gasteiger partial charge in [-0.15, -0.1) is 0 Å². The van der Waals surface area contributed by atoms with Crippen LogP contribution in [0.2, 0.25) is 0 Å². The molecule has 1 aromatic rings. The summed E-state index contributed by atoms with van der Waals surface area (Å²) in [7, 11) is 1.71. The van der Waals surface area contributed by atoms with E-state index in [4.69, 9.17) is 14.2 Å². The lowest BCUT2D eigenvalue weighted by molar-refractivity contribution is -0.0413. The maximum atomic E-state index is 5.79. The summed E-state index contributed by atoms with van der Waals surface area (Å²) in [5.74, 6) is 0. The molecule has 1 aliphatic rings. The second-order valence-electron chi connectivity index (χ2n) is 4.41. The Morgan fingerprint density at radius 3 is 2.53 bits per heavy atom. The summed E-state index contributed by atoms with van der Waals surface area (Å²) in [6.45, 7) is 2.03. The van der Waals surface area contributed by atoms with E-state index in [1.54, 1.807) is 7.11 Å². The van der Waals surface area contributed by atoms with Gasteiger partial charge in [0.2, 0.25) is 0 Å². The van der Waals surface area contributed by atoms with Crippen molar-refractivity contribution in [1.82, 2.24) is 0 Å². The molecule has 1 saturated heterocycles. The van der Waals surface area contributed by atoms with Crippen molar-refractivity contribution >= 4 is 0 Å². The maximum Gasteiger partial charge on any atom is 0.0814 e. The highest BCUT2D eigenvalue weighted by Crippen LogP contribution is 2.20. The van der Waals surface area contributed by atoms with Crippen LogP contribution in [0.3, 0.4) is 0 Å². The summed E-state index contributed by atoms with van der Waals surface area (Å²) >= 11 is 0. The second kappa shape index (κ2) is 6.74. The second-order valence-corrected chi connectivity index (χ2v) is 4.41. The molecular weight excluding hydrogens is 216 g/mol. The van der Waals surface area contributed by atoms with E-state index >= 15 is 0 Å².